The predicted octanol–water partition coefficient (Wildman–Crippen LogP) is 4.33. The van der Waals surface area contributed by atoms with E-state index in [0.717, 1.165) is 16.7 Å². The Morgan fingerprint density at radius 2 is 1.59 bits per heavy atom. The zero-order valence-electron chi connectivity index (χ0n) is 34.2. The van der Waals surface area contributed by atoms with Crippen molar-refractivity contribution in [3.63, 3.8) is 0 Å². The average molecular weight is 637 g/mol. The zero-order valence-corrected chi connectivity index (χ0v) is 26.2. The summed E-state index contributed by atoms with van der Waals surface area (Å²) in [5.41, 5.74) is 3.11. The number of amides is 4. The number of nitrogens with one attached hydrogen (secondary N) is 3. The lowest BCUT2D eigenvalue weighted by Crippen LogP contribution is -2.59. The summed E-state index contributed by atoms with van der Waals surface area (Å²) in [5.74, 6) is -5.29. The largest absolute Gasteiger partial charge is 0.483 e. The summed E-state index contributed by atoms with van der Waals surface area (Å²) in [4.78, 5) is 41.4. The standard InChI is InChI=1S/C37H48N4O5/c1-25(2)34(41-20-12-19-38-37(41)45)36(44)39-30(21-28-15-7-5-8-16-28)23-32(42)31(22-29-17-9-6-10-18-29)40-33(43)24-46-35-26(3)13-11-14-27(35)4/h5-11,13-18,25,30-32,34,42H,12,19-24H2,1-4H3,(H,38,45)(H,39,44)(H,40,43)/t30-,31-,32-,34?/m0/s1/i1D3,2D3,25D,34D. The van der Waals surface area contributed by atoms with Crippen molar-refractivity contribution < 1.29 is 35.2 Å². The molecule has 1 unspecified atom stereocenters. The van der Waals surface area contributed by atoms with Gasteiger partial charge in [-0.25, -0.2) is 4.79 Å². The summed E-state index contributed by atoms with van der Waals surface area (Å²) in [6, 6.07) is 16.8. The minimum Gasteiger partial charge on any atom is -0.483 e. The lowest BCUT2D eigenvalue weighted by Gasteiger charge is -2.37. The number of aryl methyl sites for hydroxylation is 2. The molecule has 0 bridgehead atoms. The second-order valence-corrected chi connectivity index (χ2v) is 11.5. The van der Waals surface area contributed by atoms with Gasteiger partial charge in [-0.1, -0.05) is 92.6 Å². The van der Waals surface area contributed by atoms with Gasteiger partial charge in [0.2, 0.25) is 5.91 Å². The monoisotopic (exact) mass is 636 g/mol. The van der Waals surface area contributed by atoms with Crippen LogP contribution in [-0.2, 0) is 22.4 Å². The van der Waals surface area contributed by atoms with Crippen LogP contribution in [0.4, 0.5) is 4.79 Å². The quantitative estimate of drug-likeness (QED) is 0.198. The van der Waals surface area contributed by atoms with E-state index in [0.29, 0.717) is 16.2 Å². The molecule has 0 aromatic heterocycles. The smallest absolute Gasteiger partial charge is 0.318 e. The van der Waals surface area contributed by atoms with E-state index in [4.69, 9.17) is 14.3 Å². The molecule has 3 aromatic rings. The third-order valence-electron chi connectivity index (χ3n) is 7.85. The van der Waals surface area contributed by atoms with E-state index in [1.807, 2.05) is 50.2 Å². The molecule has 3 aromatic carbocycles. The maximum Gasteiger partial charge on any atom is 0.318 e. The van der Waals surface area contributed by atoms with Gasteiger partial charge in [-0.15, -0.1) is 0 Å². The summed E-state index contributed by atoms with van der Waals surface area (Å²) in [6.07, 6.45) is -1.32. The van der Waals surface area contributed by atoms with E-state index in [1.54, 1.807) is 42.5 Å². The minimum atomic E-state index is -3.80. The van der Waals surface area contributed by atoms with Crippen LogP contribution in [-0.4, -0.2) is 71.8 Å². The van der Waals surface area contributed by atoms with E-state index in [9.17, 15) is 20.9 Å². The van der Waals surface area contributed by atoms with Gasteiger partial charge in [0.15, 0.2) is 6.61 Å². The van der Waals surface area contributed by atoms with Crippen LogP contribution in [0.1, 0.15) is 59.8 Å². The number of benzene rings is 3. The molecule has 1 aliphatic heterocycles. The van der Waals surface area contributed by atoms with Crippen molar-refractivity contribution >= 4 is 17.8 Å². The molecule has 0 aliphatic carbocycles. The number of carbonyl (C=O) groups is 3. The van der Waals surface area contributed by atoms with Crippen molar-refractivity contribution in [2.75, 3.05) is 19.7 Å². The first-order valence-electron chi connectivity index (χ1n) is 19.4. The maximum absolute atomic E-state index is 14.4. The highest BCUT2D eigenvalue weighted by Crippen LogP contribution is 2.22. The molecule has 9 nitrogen and oxygen atoms in total. The Labute approximate surface area is 284 Å². The molecule has 4 rings (SSSR count). The van der Waals surface area contributed by atoms with Crippen LogP contribution in [0.2, 0.25) is 0 Å². The van der Waals surface area contributed by atoms with Crippen molar-refractivity contribution in [2.24, 2.45) is 5.89 Å². The van der Waals surface area contributed by atoms with E-state index >= 15 is 0 Å². The number of carbonyl (C=O) groups excluding carboxylic acids is 3. The Bertz CT molecular complexity index is 1710. The molecule has 1 aliphatic rings. The van der Waals surface area contributed by atoms with Crippen LogP contribution >= 0.6 is 0 Å². The Hall–Kier alpha value is -4.37. The number of nitrogens with zero attached hydrogens (tertiary/aromatic N) is 1. The SMILES string of the molecule is [2H]C([2H])([2H])C([2H])(C([2H])([2H])[2H])C([2H])(C(=O)N[C@@H](Cc1ccccc1)C[C@H](O)[C@H](Cc1ccccc1)NC(=O)COc1c(C)cccc1C)N1CCCNC1=O. The highest BCUT2D eigenvalue weighted by molar-refractivity contribution is 5.87. The maximum atomic E-state index is 14.4. The van der Waals surface area contributed by atoms with E-state index in [2.05, 4.69) is 16.0 Å². The highest BCUT2D eigenvalue weighted by atomic mass is 16.5. The van der Waals surface area contributed by atoms with Gasteiger partial charge in [0.1, 0.15) is 11.8 Å². The van der Waals surface area contributed by atoms with Gasteiger partial charge in [-0.3, -0.25) is 9.59 Å². The second-order valence-electron chi connectivity index (χ2n) is 11.5. The van der Waals surface area contributed by atoms with Crippen LogP contribution in [0, 0.1) is 19.7 Å². The fraction of sp³-hybridized carbons (Fsp3) is 0.432. The van der Waals surface area contributed by atoms with Gasteiger partial charge < -0.3 is 30.7 Å². The van der Waals surface area contributed by atoms with E-state index in [1.165, 1.54) is 0 Å². The number of aliphatic hydroxyl groups is 1. The predicted molar refractivity (Wildman–Crippen MR) is 180 cm³/mol. The fourth-order valence-corrected chi connectivity index (χ4v) is 5.58. The van der Waals surface area contributed by atoms with Crippen LogP contribution in [0.3, 0.4) is 0 Å². The van der Waals surface area contributed by atoms with Crippen molar-refractivity contribution in [1.82, 2.24) is 20.9 Å². The molecule has 246 valence electrons. The Morgan fingerprint density at radius 1 is 0.957 bits per heavy atom. The first-order chi connectivity index (χ1) is 25.3. The average Bonchev–Trinajstić information content (AvgIpc) is 3.10. The Balaban J connectivity index is 1.69. The summed E-state index contributed by atoms with van der Waals surface area (Å²) in [7, 11) is 0. The number of para-hydroxylation sites is 1. The highest BCUT2D eigenvalue weighted by Gasteiger charge is 2.35. The van der Waals surface area contributed by atoms with Gasteiger partial charge in [0.25, 0.3) is 5.91 Å². The first kappa shape index (κ1) is 24.8. The van der Waals surface area contributed by atoms with Crippen LogP contribution in [0.25, 0.3) is 0 Å². The van der Waals surface area contributed by atoms with Gasteiger partial charge in [-0.2, -0.15) is 0 Å². The molecule has 1 heterocycles. The van der Waals surface area contributed by atoms with Gasteiger partial charge in [-0.05, 0) is 67.7 Å². The zero-order chi connectivity index (χ0) is 39.9. The third kappa shape index (κ3) is 9.81. The van der Waals surface area contributed by atoms with Crippen LogP contribution in [0.5, 0.6) is 5.75 Å². The summed E-state index contributed by atoms with van der Waals surface area (Å²) >= 11 is 0. The molecule has 9 heteroatoms. The summed E-state index contributed by atoms with van der Waals surface area (Å²) < 4.78 is 72.9. The molecule has 4 amide bonds. The number of hydrogen-bond acceptors (Lipinski definition) is 5. The van der Waals surface area contributed by atoms with Gasteiger partial charge >= 0.3 is 6.03 Å². The number of ether oxygens (including phenoxy) is 1. The van der Waals surface area contributed by atoms with E-state index in [-0.39, 0.29) is 45.4 Å². The Kier molecular flexibility index (Phi) is 9.06. The summed E-state index contributed by atoms with van der Waals surface area (Å²) in [6.45, 7) is -4.37. The van der Waals surface area contributed by atoms with Gasteiger partial charge in [0.05, 0.1) is 13.5 Å². The molecule has 4 N–H and O–H groups in total. The normalized spacial score (nSPS) is 19.8. The molecule has 0 saturated carbocycles. The van der Waals surface area contributed by atoms with Crippen molar-refractivity contribution in [3.8, 4) is 5.75 Å². The van der Waals surface area contributed by atoms with Crippen molar-refractivity contribution in [3.05, 3.63) is 101 Å². The number of hydrogen-bond donors (Lipinski definition) is 4. The van der Waals surface area contributed by atoms with Crippen LogP contribution < -0.4 is 20.7 Å². The molecular formula is C37H48N4O5. The van der Waals surface area contributed by atoms with E-state index < -0.39 is 61.6 Å². The molecule has 0 spiro atoms. The lowest BCUT2D eigenvalue weighted by molar-refractivity contribution is -0.128. The number of rotatable bonds is 15. The molecule has 1 saturated heterocycles. The summed E-state index contributed by atoms with van der Waals surface area (Å²) in [5, 5.41) is 19.7. The fourth-order valence-electron chi connectivity index (χ4n) is 5.58. The van der Waals surface area contributed by atoms with Crippen LogP contribution in [0.15, 0.2) is 78.9 Å². The third-order valence-corrected chi connectivity index (χ3v) is 7.85. The Morgan fingerprint density at radius 3 is 2.20 bits per heavy atom. The van der Waals surface area contributed by atoms with Crippen molar-refractivity contribution in [2.45, 2.75) is 77.4 Å². The molecule has 46 heavy (non-hydrogen) atoms. The molecule has 1 fully saturated rings. The molecular weight excluding hydrogens is 580 g/mol. The topological polar surface area (TPSA) is 120 Å². The van der Waals surface area contributed by atoms with Crippen molar-refractivity contribution in [1.29, 1.82) is 0 Å². The minimum absolute atomic E-state index is 0.0140. The van der Waals surface area contributed by atoms with Gasteiger partial charge in [0, 0.05) is 28.7 Å². The first-order valence-corrected chi connectivity index (χ1v) is 15.4. The molecule has 4 atom stereocenters. The second kappa shape index (κ2) is 16.8. The molecule has 0 radical (unpaired) electrons. The number of aliphatic hydroxyl groups excluding tert-OH is 1. The number of urea groups is 1. The lowest BCUT2D eigenvalue weighted by atomic mass is 9.92.